The van der Waals surface area contributed by atoms with Gasteiger partial charge in [0.1, 0.15) is 0 Å². The van der Waals surface area contributed by atoms with Crippen LogP contribution in [0.15, 0.2) is 18.2 Å². The van der Waals surface area contributed by atoms with Crippen LogP contribution in [0.2, 0.25) is 5.02 Å². The summed E-state index contributed by atoms with van der Waals surface area (Å²) in [5.41, 5.74) is 8.13. The monoisotopic (exact) mass is 238 g/mol. The molecular formula is C13H19ClN2. The van der Waals surface area contributed by atoms with Crippen LogP contribution in [-0.2, 0) is 0 Å². The quantitative estimate of drug-likeness (QED) is 0.830. The number of nitrogens with one attached hydrogen (secondary N) is 1. The lowest BCUT2D eigenvalue weighted by molar-refractivity contribution is 0.411. The van der Waals surface area contributed by atoms with E-state index in [2.05, 4.69) is 17.4 Å². The molecule has 2 rings (SSSR count). The molecule has 3 N–H and O–H groups in total. The van der Waals surface area contributed by atoms with Gasteiger partial charge < -0.3 is 11.1 Å². The van der Waals surface area contributed by atoms with Crippen LogP contribution in [0, 0.1) is 6.92 Å². The second-order valence-electron chi connectivity index (χ2n) is 4.72. The summed E-state index contributed by atoms with van der Waals surface area (Å²) in [6.07, 6.45) is 4.56. The van der Waals surface area contributed by atoms with Gasteiger partial charge in [-0.25, -0.2) is 0 Å². The maximum atomic E-state index is 6.09. The lowest BCUT2D eigenvalue weighted by Gasteiger charge is -2.27. The van der Waals surface area contributed by atoms with Crippen molar-refractivity contribution in [3.63, 3.8) is 0 Å². The Bertz CT molecular complexity index is 357. The van der Waals surface area contributed by atoms with Crippen LogP contribution in [0.25, 0.3) is 0 Å². The van der Waals surface area contributed by atoms with Crippen molar-refractivity contribution in [2.45, 2.75) is 44.7 Å². The van der Waals surface area contributed by atoms with Gasteiger partial charge >= 0.3 is 0 Å². The van der Waals surface area contributed by atoms with Crippen molar-refractivity contribution >= 4 is 17.3 Å². The molecule has 1 fully saturated rings. The standard InChI is InChI=1S/C13H19ClN2/c1-9-2-5-12(8-13(9)14)16-11-6-3-10(15)4-7-11/h2,5,8,10-11,16H,3-4,6-7,15H2,1H3. The van der Waals surface area contributed by atoms with E-state index in [1.165, 1.54) is 0 Å². The molecule has 0 atom stereocenters. The average Bonchev–Trinajstić information content (AvgIpc) is 2.27. The number of rotatable bonds is 2. The first-order valence-electron chi connectivity index (χ1n) is 5.93. The summed E-state index contributed by atoms with van der Waals surface area (Å²) < 4.78 is 0. The lowest BCUT2D eigenvalue weighted by atomic mass is 9.91. The van der Waals surface area contributed by atoms with Crippen LogP contribution in [0.4, 0.5) is 5.69 Å². The summed E-state index contributed by atoms with van der Waals surface area (Å²) in [6.45, 7) is 2.02. The van der Waals surface area contributed by atoms with Crippen LogP contribution in [0.3, 0.4) is 0 Å². The molecule has 88 valence electrons. The molecule has 0 spiro atoms. The SMILES string of the molecule is Cc1ccc(NC2CCC(N)CC2)cc1Cl. The molecule has 0 aliphatic heterocycles. The molecule has 0 unspecified atom stereocenters. The smallest absolute Gasteiger partial charge is 0.0455 e. The zero-order valence-electron chi connectivity index (χ0n) is 9.67. The fourth-order valence-electron chi connectivity index (χ4n) is 2.18. The summed E-state index contributed by atoms with van der Waals surface area (Å²) in [4.78, 5) is 0. The summed E-state index contributed by atoms with van der Waals surface area (Å²) >= 11 is 6.09. The Kier molecular flexibility index (Phi) is 3.72. The number of hydrogen-bond donors (Lipinski definition) is 2. The predicted octanol–water partition coefficient (Wildman–Crippen LogP) is 3.33. The van der Waals surface area contributed by atoms with Crippen LogP contribution in [0.5, 0.6) is 0 Å². The predicted molar refractivity (Wildman–Crippen MR) is 70.0 cm³/mol. The second kappa shape index (κ2) is 5.07. The van der Waals surface area contributed by atoms with Gasteiger partial charge in [-0.3, -0.25) is 0 Å². The Labute approximate surface area is 102 Å². The maximum absolute atomic E-state index is 6.09. The maximum Gasteiger partial charge on any atom is 0.0455 e. The van der Waals surface area contributed by atoms with Gasteiger partial charge in [0.25, 0.3) is 0 Å². The highest BCUT2D eigenvalue weighted by molar-refractivity contribution is 6.31. The summed E-state index contributed by atoms with van der Waals surface area (Å²) in [5.74, 6) is 0. The third-order valence-corrected chi connectivity index (χ3v) is 3.72. The van der Waals surface area contributed by atoms with Crippen LogP contribution in [0.1, 0.15) is 31.2 Å². The van der Waals surface area contributed by atoms with E-state index in [0.717, 1.165) is 42.0 Å². The molecule has 0 aromatic heterocycles. The van der Waals surface area contributed by atoms with E-state index < -0.39 is 0 Å². The van der Waals surface area contributed by atoms with Crippen LogP contribution < -0.4 is 11.1 Å². The van der Waals surface area contributed by atoms with Crippen molar-refractivity contribution in [3.8, 4) is 0 Å². The van der Waals surface area contributed by atoms with Crippen molar-refractivity contribution < 1.29 is 0 Å². The fourth-order valence-corrected chi connectivity index (χ4v) is 2.36. The minimum Gasteiger partial charge on any atom is -0.382 e. The normalized spacial score (nSPS) is 25.4. The fraction of sp³-hybridized carbons (Fsp3) is 0.538. The van der Waals surface area contributed by atoms with Gasteiger partial charge in [0.15, 0.2) is 0 Å². The molecule has 1 saturated carbocycles. The number of hydrogen-bond acceptors (Lipinski definition) is 2. The molecule has 0 bridgehead atoms. The van der Waals surface area contributed by atoms with E-state index >= 15 is 0 Å². The van der Waals surface area contributed by atoms with Crippen LogP contribution in [-0.4, -0.2) is 12.1 Å². The summed E-state index contributed by atoms with van der Waals surface area (Å²) in [6, 6.07) is 7.11. The van der Waals surface area contributed by atoms with Gasteiger partial charge in [0.2, 0.25) is 0 Å². The van der Waals surface area contributed by atoms with Gasteiger partial charge in [0, 0.05) is 22.8 Å². The first-order valence-corrected chi connectivity index (χ1v) is 6.31. The molecule has 2 nitrogen and oxygen atoms in total. The van der Waals surface area contributed by atoms with Crippen molar-refractivity contribution in [1.82, 2.24) is 0 Å². The Morgan fingerprint density at radius 1 is 1.25 bits per heavy atom. The summed E-state index contributed by atoms with van der Waals surface area (Å²) in [7, 11) is 0. The highest BCUT2D eigenvalue weighted by Gasteiger charge is 2.18. The van der Waals surface area contributed by atoms with Crippen molar-refractivity contribution in [1.29, 1.82) is 0 Å². The molecular weight excluding hydrogens is 220 g/mol. The van der Waals surface area contributed by atoms with Crippen molar-refractivity contribution in [2.75, 3.05) is 5.32 Å². The molecule has 0 amide bonds. The number of aryl methyl sites for hydroxylation is 1. The Morgan fingerprint density at radius 2 is 1.94 bits per heavy atom. The molecule has 1 aromatic carbocycles. The number of benzene rings is 1. The number of anilines is 1. The minimum atomic E-state index is 0.402. The third kappa shape index (κ3) is 2.89. The lowest BCUT2D eigenvalue weighted by Crippen LogP contribution is -2.32. The molecule has 3 heteroatoms. The van der Waals surface area contributed by atoms with E-state index in [4.69, 9.17) is 17.3 Å². The minimum absolute atomic E-state index is 0.402. The topological polar surface area (TPSA) is 38.0 Å². The molecule has 16 heavy (non-hydrogen) atoms. The Balaban J connectivity index is 1.96. The zero-order chi connectivity index (χ0) is 11.5. The van der Waals surface area contributed by atoms with Gasteiger partial charge in [-0.2, -0.15) is 0 Å². The number of nitrogens with two attached hydrogens (primary N) is 1. The first kappa shape index (κ1) is 11.7. The van der Waals surface area contributed by atoms with Gasteiger partial charge in [-0.1, -0.05) is 17.7 Å². The molecule has 1 aliphatic rings. The van der Waals surface area contributed by atoms with Gasteiger partial charge in [0.05, 0.1) is 0 Å². The van der Waals surface area contributed by atoms with Crippen molar-refractivity contribution in [2.24, 2.45) is 5.73 Å². The Hall–Kier alpha value is -0.730. The first-order chi connectivity index (χ1) is 7.65. The van der Waals surface area contributed by atoms with Crippen LogP contribution >= 0.6 is 11.6 Å². The van der Waals surface area contributed by atoms with E-state index in [-0.39, 0.29) is 0 Å². The van der Waals surface area contributed by atoms with E-state index in [1.807, 2.05) is 13.0 Å². The largest absolute Gasteiger partial charge is 0.382 e. The highest BCUT2D eigenvalue weighted by Crippen LogP contribution is 2.24. The highest BCUT2D eigenvalue weighted by atomic mass is 35.5. The van der Waals surface area contributed by atoms with Crippen molar-refractivity contribution in [3.05, 3.63) is 28.8 Å². The third-order valence-electron chi connectivity index (χ3n) is 3.31. The van der Waals surface area contributed by atoms with Gasteiger partial charge in [-0.05, 0) is 50.3 Å². The Morgan fingerprint density at radius 3 is 2.56 bits per heavy atom. The molecule has 0 radical (unpaired) electrons. The number of halogens is 1. The van der Waals surface area contributed by atoms with E-state index in [9.17, 15) is 0 Å². The molecule has 1 aliphatic carbocycles. The second-order valence-corrected chi connectivity index (χ2v) is 5.13. The van der Waals surface area contributed by atoms with Gasteiger partial charge in [-0.15, -0.1) is 0 Å². The average molecular weight is 239 g/mol. The molecule has 1 aromatic rings. The molecule has 0 saturated heterocycles. The zero-order valence-corrected chi connectivity index (χ0v) is 10.4. The van der Waals surface area contributed by atoms with E-state index in [1.54, 1.807) is 0 Å². The summed E-state index contributed by atoms with van der Waals surface area (Å²) in [5, 5.41) is 4.36. The molecule has 0 heterocycles. The van der Waals surface area contributed by atoms with E-state index in [0.29, 0.717) is 12.1 Å².